The molecule has 0 aliphatic rings. The monoisotopic (exact) mass is 637 g/mol. The molecule has 0 spiro atoms. The summed E-state index contributed by atoms with van der Waals surface area (Å²) in [7, 11) is 0. The Labute approximate surface area is 290 Å². The molecule has 0 amide bonds. The van der Waals surface area contributed by atoms with Gasteiger partial charge in [-0.05, 0) is 109 Å². The van der Waals surface area contributed by atoms with E-state index in [1.807, 2.05) is 12.1 Å². The standard InChI is InChI=1S/C48H31NO/c1-3-14-41-33(9-1)11-8-17-43(41)36-12-7-13-39(29-36)49(40-26-28-44-37(30-40)20-19-34-10-2-4-15-42(34)44)38-24-21-32(22-25-38)35-23-27-46-45-16-5-6-18-47(45)50-48(46)31-35/h1-31H. The highest BCUT2D eigenvalue weighted by atomic mass is 16.3. The normalized spacial score (nSPS) is 11.6. The summed E-state index contributed by atoms with van der Waals surface area (Å²) in [5.41, 5.74) is 9.82. The summed E-state index contributed by atoms with van der Waals surface area (Å²) in [6.07, 6.45) is 0. The number of benzene rings is 9. The van der Waals surface area contributed by atoms with E-state index in [-0.39, 0.29) is 0 Å². The third kappa shape index (κ3) is 4.73. The minimum atomic E-state index is 0.906. The minimum absolute atomic E-state index is 0.906. The van der Waals surface area contributed by atoms with Crippen LogP contribution in [0.4, 0.5) is 17.1 Å². The van der Waals surface area contributed by atoms with Gasteiger partial charge in [0.2, 0.25) is 0 Å². The van der Waals surface area contributed by atoms with Gasteiger partial charge in [-0.25, -0.2) is 0 Å². The summed E-state index contributed by atoms with van der Waals surface area (Å²) < 4.78 is 6.22. The maximum atomic E-state index is 6.22. The van der Waals surface area contributed by atoms with Crippen molar-refractivity contribution < 1.29 is 4.42 Å². The van der Waals surface area contributed by atoms with Crippen molar-refractivity contribution in [3.8, 4) is 22.3 Å². The third-order valence-corrected chi connectivity index (χ3v) is 10.0. The first-order valence-electron chi connectivity index (χ1n) is 17.1. The van der Waals surface area contributed by atoms with Crippen LogP contribution in [-0.2, 0) is 0 Å². The lowest BCUT2D eigenvalue weighted by Crippen LogP contribution is -2.10. The lowest BCUT2D eigenvalue weighted by Gasteiger charge is -2.27. The first kappa shape index (κ1) is 28.4. The summed E-state index contributed by atoms with van der Waals surface area (Å²) in [6, 6.07) is 67.6. The van der Waals surface area contributed by atoms with E-state index in [4.69, 9.17) is 4.42 Å². The molecule has 9 aromatic carbocycles. The van der Waals surface area contributed by atoms with E-state index in [1.54, 1.807) is 0 Å². The fourth-order valence-corrected chi connectivity index (χ4v) is 7.58. The highest BCUT2D eigenvalue weighted by Gasteiger charge is 2.16. The number of nitrogens with zero attached hydrogens (tertiary/aromatic N) is 1. The van der Waals surface area contributed by atoms with Gasteiger partial charge in [-0.1, -0.05) is 133 Å². The number of furan rings is 1. The van der Waals surface area contributed by atoms with E-state index in [9.17, 15) is 0 Å². The Bertz CT molecular complexity index is 2870. The maximum Gasteiger partial charge on any atom is 0.136 e. The van der Waals surface area contributed by atoms with E-state index in [0.29, 0.717) is 0 Å². The summed E-state index contributed by atoms with van der Waals surface area (Å²) >= 11 is 0. The predicted molar refractivity (Wildman–Crippen MR) is 212 cm³/mol. The van der Waals surface area contributed by atoms with Gasteiger partial charge in [0, 0.05) is 27.8 Å². The van der Waals surface area contributed by atoms with Crippen LogP contribution in [0.25, 0.3) is 76.5 Å². The van der Waals surface area contributed by atoms with E-state index in [2.05, 4.69) is 181 Å². The fraction of sp³-hybridized carbons (Fsp3) is 0. The number of hydrogen-bond donors (Lipinski definition) is 0. The lowest BCUT2D eigenvalue weighted by molar-refractivity contribution is 0.669. The topological polar surface area (TPSA) is 16.4 Å². The van der Waals surface area contributed by atoms with Crippen LogP contribution in [0.1, 0.15) is 0 Å². The van der Waals surface area contributed by atoms with Crippen molar-refractivity contribution >= 4 is 71.3 Å². The van der Waals surface area contributed by atoms with Gasteiger partial charge in [0.15, 0.2) is 0 Å². The van der Waals surface area contributed by atoms with Gasteiger partial charge >= 0.3 is 0 Å². The Morgan fingerprint density at radius 3 is 1.78 bits per heavy atom. The highest BCUT2D eigenvalue weighted by molar-refractivity contribution is 6.09. The van der Waals surface area contributed by atoms with Crippen LogP contribution in [0.15, 0.2) is 192 Å². The smallest absolute Gasteiger partial charge is 0.136 e. The summed E-state index contributed by atoms with van der Waals surface area (Å²) in [5.74, 6) is 0. The Morgan fingerprint density at radius 1 is 0.300 bits per heavy atom. The Balaban J connectivity index is 1.11. The second-order valence-electron chi connectivity index (χ2n) is 13.0. The van der Waals surface area contributed by atoms with Crippen LogP contribution >= 0.6 is 0 Å². The first-order chi connectivity index (χ1) is 24.8. The average Bonchev–Trinajstić information content (AvgIpc) is 3.56. The van der Waals surface area contributed by atoms with Crippen molar-refractivity contribution in [2.75, 3.05) is 4.90 Å². The quantitative estimate of drug-likeness (QED) is 0.175. The maximum absolute atomic E-state index is 6.22. The zero-order valence-electron chi connectivity index (χ0n) is 27.3. The van der Waals surface area contributed by atoms with Crippen LogP contribution in [0.2, 0.25) is 0 Å². The molecule has 0 aliphatic heterocycles. The number of rotatable bonds is 5. The van der Waals surface area contributed by atoms with Crippen molar-refractivity contribution in [1.82, 2.24) is 0 Å². The Hall–Kier alpha value is -6.64. The van der Waals surface area contributed by atoms with E-state index in [1.165, 1.54) is 43.4 Å². The number of para-hydroxylation sites is 1. The van der Waals surface area contributed by atoms with Crippen molar-refractivity contribution in [3.63, 3.8) is 0 Å². The molecule has 10 rings (SSSR count). The van der Waals surface area contributed by atoms with Crippen molar-refractivity contribution in [2.24, 2.45) is 0 Å². The van der Waals surface area contributed by atoms with Gasteiger partial charge in [-0.15, -0.1) is 0 Å². The fourth-order valence-electron chi connectivity index (χ4n) is 7.58. The van der Waals surface area contributed by atoms with Gasteiger partial charge < -0.3 is 9.32 Å². The SMILES string of the molecule is c1cc(-c2cccc3ccccc23)cc(N(c2ccc(-c3ccc4c(c3)oc3ccccc34)cc2)c2ccc3c(ccc4ccccc43)c2)c1. The van der Waals surface area contributed by atoms with Gasteiger partial charge in [0.25, 0.3) is 0 Å². The van der Waals surface area contributed by atoms with Gasteiger partial charge in [0.1, 0.15) is 11.2 Å². The number of hydrogen-bond acceptors (Lipinski definition) is 2. The summed E-state index contributed by atoms with van der Waals surface area (Å²) in [4.78, 5) is 2.37. The molecule has 2 heteroatoms. The molecule has 0 unspecified atom stereocenters. The molecule has 50 heavy (non-hydrogen) atoms. The van der Waals surface area contributed by atoms with E-state index >= 15 is 0 Å². The van der Waals surface area contributed by atoms with Gasteiger partial charge in [-0.3, -0.25) is 0 Å². The second kappa shape index (κ2) is 11.5. The molecule has 0 atom stereocenters. The molecular weight excluding hydrogens is 607 g/mol. The molecule has 2 nitrogen and oxygen atoms in total. The van der Waals surface area contributed by atoms with Crippen LogP contribution in [0.3, 0.4) is 0 Å². The summed E-state index contributed by atoms with van der Waals surface area (Å²) in [5, 5.41) is 9.78. The Morgan fingerprint density at radius 2 is 0.900 bits per heavy atom. The van der Waals surface area contributed by atoms with Crippen LogP contribution < -0.4 is 4.90 Å². The molecule has 234 valence electrons. The van der Waals surface area contributed by atoms with Crippen LogP contribution in [0.5, 0.6) is 0 Å². The lowest BCUT2D eigenvalue weighted by atomic mass is 9.97. The van der Waals surface area contributed by atoms with Gasteiger partial charge in [-0.2, -0.15) is 0 Å². The highest BCUT2D eigenvalue weighted by Crippen LogP contribution is 2.41. The van der Waals surface area contributed by atoms with E-state index in [0.717, 1.165) is 50.1 Å². The molecule has 0 saturated heterocycles. The zero-order valence-corrected chi connectivity index (χ0v) is 27.3. The zero-order chi connectivity index (χ0) is 33.0. The average molecular weight is 638 g/mol. The predicted octanol–water partition coefficient (Wildman–Crippen LogP) is 13.8. The van der Waals surface area contributed by atoms with E-state index < -0.39 is 0 Å². The molecule has 10 aromatic rings. The second-order valence-corrected chi connectivity index (χ2v) is 13.0. The van der Waals surface area contributed by atoms with Crippen molar-refractivity contribution in [3.05, 3.63) is 188 Å². The molecule has 0 fully saturated rings. The largest absolute Gasteiger partial charge is 0.456 e. The van der Waals surface area contributed by atoms with Gasteiger partial charge in [0.05, 0.1) is 0 Å². The summed E-state index contributed by atoms with van der Waals surface area (Å²) in [6.45, 7) is 0. The van der Waals surface area contributed by atoms with Crippen molar-refractivity contribution in [2.45, 2.75) is 0 Å². The molecule has 0 aliphatic carbocycles. The molecule has 0 radical (unpaired) electrons. The minimum Gasteiger partial charge on any atom is -0.456 e. The number of fused-ring (bicyclic) bond motifs is 7. The molecule has 0 bridgehead atoms. The van der Waals surface area contributed by atoms with Crippen LogP contribution in [-0.4, -0.2) is 0 Å². The van der Waals surface area contributed by atoms with Crippen LogP contribution in [0, 0.1) is 0 Å². The molecule has 1 heterocycles. The third-order valence-electron chi connectivity index (χ3n) is 10.0. The van der Waals surface area contributed by atoms with Crippen molar-refractivity contribution in [1.29, 1.82) is 0 Å². The Kier molecular flexibility index (Phi) is 6.53. The first-order valence-corrected chi connectivity index (χ1v) is 17.1. The molecular formula is C48H31NO. The number of anilines is 3. The molecule has 1 aromatic heterocycles. The molecule has 0 N–H and O–H groups in total. The molecule has 0 saturated carbocycles.